The van der Waals surface area contributed by atoms with Crippen molar-refractivity contribution in [3.8, 4) is 5.75 Å². The average Bonchev–Trinajstić information content (AvgIpc) is 2.83. The lowest BCUT2D eigenvalue weighted by molar-refractivity contribution is 0.0521. The molecule has 6 heteroatoms. The van der Waals surface area contributed by atoms with Crippen LogP contribution < -0.4 is 10.5 Å². The lowest BCUT2D eigenvalue weighted by Gasteiger charge is -2.10. The summed E-state index contributed by atoms with van der Waals surface area (Å²) in [4.78, 5) is 12.8. The molecule has 1 aromatic heterocycles. The van der Waals surface area contributed by atoms with Crippen molar-refractivity contribution in [1.82, 2.24) is 0 Å². The second-order valence-corrected chi connectivity index (χ2v) is 5.77. The van der Waals surface area contributed by atoms with E-state index < -0.39 is 5.97 Å². The molecule has 0 radical (unpaired) electrons. The quantitative estimate of drug-likeness (QED) is 0.675. The molecule has 2 rings (SSSR count). The van der Waals surface area contributed by atoms with Crippen LogP contribution in [-0.4, -0.2) is 12.6 Å². The van der Waals surface area contributed by atoms with Gasteiger partial charge in [-0.3, -0.25) is 0 Å². The van der Waals surface area contributed by atoms with Crippen LogP contribution in [0.15, 0.2) is 30.3 Å². The standard InChI is InChI=1S/C14H14ClNO3S/c1-2-18-14(17)11-7-9(16)3-5-12(11)19-8-10-4-6-13(15)20-10/h3-7H,2,8,16H2,1H3. The van der Waals surface area contributed by atoms with Crippen molar-refractivity contribution >= 4 is 34.6 Å². The summed E-state index contributed by atoms with van der Waals surface area (Å²) in [5.41, 5.74) is 6.51. The van der Waals surface area contributed by atoms with Crippen molar-refractivity contribution in [2.24, 2.45) is 0 Å². The number of thiophene rings is 1. The molecule has 0 spiro atoms. The van der Waals surface area contributed by atoms with E-state index in [1.54, 1.807) is 31.2 Å². The zero-order chi connectivity index (χ0) is 14.5. The fourth-order valence-corrected chi connectivity index (χ4v) is 2.62. The highest BCUT2D eigenvalue weighted by atomic mass is 35.5. The van der Waals surface area contributed by atoms with E-state index in [1.165, 1.54) is 11.3 Å². The smallest absolute Gasteiger partial charge is 0.341 e. The molecule has 2 N–H and O–H groups in total. The van der Waals surface area contributed by atoms with Gasteiger partial charge in [0.2, 0.25) is 0 Å². The van der Waals surface area contributed by atoms with Gasteiger partial charge in [-0.2, -0.15) is 0 Å². The number of nitrogen functional groups attached to an aromatic ring is 1. The molecule has 0 aliphatic heterocycles. The third-order valence-electron chi connectivity index (χ3n) is 2.50. The van der Waals surface area contributed by atoms with E-state index in [1.807, 2.05) is 6.07 Å². The van der Waals surface area contributed by atoms with E-state index in [9.17, 15) is 4.79 Å². The van der Waals surface area contributed by atoms with Gasteiger partial charge in [0.05, 0.1) is 10.9 Å². The number of carbonyl (C=O) groups is 1. The number of rotatable bonds is 5. The van der Waals surface area contributed by atoms with Gasteiger partial charge in [0, 0.05) is 10.6 Å². The maximum Gasteiger partial charge on any atom is 0.341 e. The third-order valence-corrected chi connectivity index (χ3v) is 3.70. The van der Waals surface area contributed by atoms with E-state index in [0.717, 1.165) is 4.88 Å². The Morgan fingerprint density at radius 1 is 1.35 bits per heavy atom. The second kappa shape index (κ2) is 6.63. The number of anilines is 1. The number of ether oxygens (including phenoxy) is 2. The highest BCUT2D eigenvalue weighted by molar-refractivity contribution is 7.16. The lowest BCUT2D eigenvalue weighted by Crippen LogP contribution is -2.08. The van der Waals surface area contributed by atoms with E-state index in [4.69, 9.17) is 26.8 Å². The first-order chi connectivity index (χ1) is 9.60. The Balaban J connectivity index is 2.16. The molecule has 1 heterocycles. The molecule has 0 amide bonds. The van der Waals surface area contributed by atoms with Gasteiger partial charge in [0.1, 0.15) is 17.9 Å². The van der Waals surface area contributed by atoms with Crippen LogP contribution in [0.4, 0.5) is 5.69 Å². The Hall–Kier alpha value is -1.72. The number of nitrogens with two attached hydrogens (primary N) is 1. The third kappa shape index (κ3) is 3.65. The minimum atomic E-state index is -0.445. The van der Waals surface area contributed by atoms with Crippen molar-refractivity contribution in [2.75, 3.05) is 12.3 Å². The van der Waals surface area contributed by atoms with E-state index in [0.29, 0.717) is 34.6 Å². The first kappa shape index (κ1) is 14.7. The zero-order valence-electron chi connectivity index (χ0n) is 10.9. The molecule has 2 aromatic rings. The largest absolute Gasteiger partial charge is 0.487 e. The van der Waals surface area contributed by atoms with Crippen LogP contribution in [0.1, 0.15) is 22.2 Å². The number of hydrogen-bond donors (Lipinski definition) is 1. The summed E-state index contributed by atoms with van der Waals surface area (Å²) in [7, 11) is 0. The summed E-state index contributed by atoms with van der Waals surface area (Å²) < 4.78 is 11.3. The summed E-state index contributed by atoms with van der Waals surface area (Å²) in [6.45, 7) is 2.39. The van der Waals surface area contributed by atoms with Crippen LogP contribution in [0.5, 0.6) is 5.75 Å². The molecule has 106 valence electrons. The number of carbonyl (C=O) groups excluding carboxylic acids is 1. The van der Waals surface area contributed by atoms with E-state index in [-0.39, 0.29) is 0 Å². The van der Waals surface area contributed by atoms with Crippen LogP contribution in [0, 0.1) is 0 Å². The summed E-state index contributed by atoms with van der Waals surface area (Å²) in [6, 6.07) is 8.58. The van der Waals surface area contributed by atoms with Gasteiger partial charge in [-0.15, -0.1) is 11.3 Å². The minimum absolute atomic E-state index is 0.299. The monoisotopic (exact) mass is 311 g/mol. The van der Waals surface area contributed by atoms with Gasteiger partial charge in [-0.1, -0.05) is 11.6 Å². The minimum Gasteiger partial charge on any atom is -0.487 e. The van der Waals surface area contributed by atoms with Crippen LogP contribution in [0.25, 0.3) is 0 Å². The Kier molecular flexibility index (Phi) is 4.87. The van der Waals surface area contributed by atoms with E-state index in [2.05, 4.69) is 0 Å². The molecule has 4 nitrogen and oxygen atoms in total. The SMILES string of the molecule is CCOC(=O)c1cc(N)ccc1OCc1ccc(Cl)s1. The predicted octanol–water partition coefficient (Wildman–Crippen LogP) is 3.74. The van der Waals surface area contributed by atoms with Crippen molar-refractivity contribution in [1.29, 1.82) is 0 Å². The number of hydrogen-bond acceptors (Lipinski definition) is 5. The molecule has 1 aromatic carbocycles. The van der Waals surface area contributed by atoms with E-state index >= 15 is 0 Å². The number of benzene rings is 1. The first-order valence-electron chi connectivity index (χ1n) is 6.04. The number of esters is 1. The highest BCUT2D eigenvalue weighted by Crippen LogP contribution is 2.26. The molecular formula is C14H14ClNO3S. The van der Waals surface area contributed by atoms with Crippen molar-refractivity contribution in [3.05, 3.63) is 45.1 Å². The number of halogens is 1. The topological polar surface area (TPSA) is 61.5 Å². The molecule has 0 fully saturated rings. The molecule has 0 bridgehead atoms. The molecule has 0 atom stereocenters. The molecular weight excluding hydrogens is 298 g/mol. The van der Waals surface area contributed by atoms with Gasteiger partial charge < -0.3 is 15.2 Å². The zero-order valence-corrected chi connectivity index (χ0v) is 12.5. The van der Waals surface area contributed by atoms with Gasteiger partial charge in [-0.25, -0.2) is 4.79 Å². The second-order valence-electron chi connectivity index (χ2n) is 3.97. The van der Waals surface area contributed by atoms with Crippen molar-refractivity contribution in [3.63, 3.8) is 0 Å². The molecule has 0 unspecified atom stereocenters. The van der Waals surface area contributed by atoms with Crippen LogP contribution in [0.3, 0.4) is 0 Å². The molecule has 0 aliphatic carbocycles. The van der Waals surface area contributed by atoms with Gasteiger partial charge >= 0.3 is 5.97 Å². The fourth-order valence-electron chi connectivity index (χ4n) is 1.62. The summed E-state index contributed by atoms with van der Waals surface area (Å²) in [6.07, 6.45) is 0. The molecule has 0 saturated heterocycles. The predicted molar refractivity (Wildman–Crippen MR) is 80.5 cm³/mol. The summed E-state index contributed by atoms with van der Waals surface area (Å²) >= 11 is 7.29. The van der Waals surface area contributed by atoms with Crippen LogP contribution in [0.2, 0.25) is 4.34 Å². The Morgan fingerprint density at radius 3 is 2.80 bits per heavy atom. The fraction of sp³-hybridized carbons (Fsp3) is 0.214. The Labute approximate surface area is 126 Å². The van der Waals surface area contributed by atoms with Crippen molar-refractivity contribution in [2.45, 2.75) is 13.5 Å². The lowest BCUT2D eigenvalue weighted by atomic mass is 10.2. The Morgan fingerprint density at radius 2 is 2.15 bits per heavy atom. The Bertz CT molecular complexity index is 612. The van der Waals surface area contributed by atoms with Crippen LogP contribution in [-0.2, 0) is 11.3 Å². The summed E-state index contributed by atoms with van der Waals surface area (Å²) in [5.74, 6) is 0.00110. The highest BCUT2D eigenvalue weighted by Gasteiger charge is 2.14. The van der Waals surface area contributed by atoms with Gasteiger partial charge in [-0.05, 0) is 37.3 Å². The maximum atomic E-state index is 11.9. The molecule has 20 heavy (non-hydrogen) atoms. The van der Waals surface area contributed by atoms with Gasteiger partial charge in [0.15, 0.2) is 0 Å². The molecule has 0 saturated carbocycles. The van der Waals surface area contributed by atoms with Crippen LogP contribution >= 0.6 is 22.9 Å². The van der Waals surface area contributed by atoms with Crippen molar-refractivity contribution < 1.29 is 14.3 Å². The van der Waals surface area contributed by atoms with Gasteiger partial charge in [0.25, 0.3) is 0 Å². The average molecular weight is 312 g/mol. The maximum absolute atomic E-state index is 11.9. The summed E-state index contributed by atoms with van der Waals surface area (Å²) in [5, 5.41) is 0. The normalized spacial score (nSPS) is 10.3. The first-order valence-corrected chi connectivity index (χ1v) is 7.23. The molecule has 0 aliphatic rings.